The van der Waals surface area contributed by atoms with E-state index < -0.39 is 12.2 Å². The number of nitrogens with one attached hydrogen (secondary N) is 2. The van der Waals surface area contributed by atoms with Crippen molar-refractivity contribution in [3.8, 4) is 0 Å². The number of methoxy groups -OCH3 is 2. The van der Waals surface area contributed by atoms with Crippen molar-refractivity contribution in [2.75, 3.05) is 24.9 Å². The molecule has 2 N–H and O–H groups in total. The van der Waals surface area contributed by atoms with Gasteiger partial charge in [0.2, 0.25) is 0 Å². The van der Waals surface area contributed by atoms with Crippen LogP contribution in [0, 0.1) is 0 Å². The van der Waals surface area contributed by atoms with Gasteiger partial charge in [0.1, 0.15) is 11.6 Å². The molecule has 0 saturated carbocycles. The van der Waals surface area contributed by atoms with E-state index in [2.05, 4.69) is 61.9 Å². The van der Waals surface area contributed by atoms with Gasteiger partial charge >= 0.3 is 12.2 Å². The highest BCUT2D eigenvalue weighted by Gasteiger charge is 2.10. The second-order valence-electron chi connectivity index (χ2n) is 6.40. The van der Waals surface area contributed by atoms with Crippen molar-refractivity contribution in [1.82, 2.24) is 9.97 Å². The number of nitrogens with zero attached hydrogens (tertiary/aromatic N) is 2. The molecule has 0 bridgehead atoms. The Kier molecular flexibility index (Phi) is 8.43. The van der Waals surface area contributed by atoms with E-state index in [0.717, 1.165) is 30.5 Å². The Hall–Kier alpha value is -2.95. The van der Waals surface area contributed by atoms with E-state index in [1.165, 1.54) is 20.4 Å². The maximum Gasteiger partial charge on any atom is 0.412 e. The first-order chi connectivity index (χ1) is 15.8. The number of ether oxygens (including phenoxy) is 2. The molecular formula is C22H17Br2ClN4O4. The van der Waals surface area contributed by atoms with E-state index in [1.807, 2.05) is 42.5 Å². The van der Waals surface area contributed by atoms with Crippen LogP contribution in [0.3, 0.4) is 0 Å². The van der Waals surface area contributed by atoms with Gasteiger partial charge in [-0.3, -0.25) is 10.6 Å². The van der Waals surface area contributed by atoms with Crippen LogP contribution in [0.5, 0.6) is 0 Å². The summed E-state index contributed by atoms with van der Waals surface area (Å²) >= 11 is 12.8. The number of fused-ring (bicyclic) bond motifs is 2. The Bertz CT molecular complexity index is 1340. The van der Waals surface area contributed by atoms with Crippen LogP contribution in [0.2, 0.25) is 5.02 Å². The number of amides is 2. The summed E-state index contributed by atoms with van der Waals surface area (Å²) in [6.45, 7) is 0. The average molecular weight is 597 g/mol. The van der Waals surface area contributed by atoms with Crippen molar-refractivity contribution in [2.24, 2.45) is 0 Å². The Morgan fingerprint density at radius 3 is 2.03 bits per heavy atom. The quantitative estimate of drug-likeness (QED) is 0.258. The molecule has 0 aliphatic carbocycles. The number of hydrogen-bond donors (Lipinski definition) is 2. The molecule has 2 aromatic heterocycles. The summed E-state index contributed by atoms with van der Waals surface area (Å²) in [7, 11) is 2.61. The Morgan fingerprint density at radius 2 is 1.39 bits per heavy atom. The Labute approximate surface area is 210 Å². The summed E-state index contributed by atoms with van der Waals surface area (Å²) < 4.78 is 10.9. The van der Waals surface area contributed by atoms with E-state index in [-0.39, 0.29) is 0 Å². The molecule has 33 heavy (non-hydrogen) atoms. The highest BCUT2D eigenvalue weighted by atomic mass is 79.9. The largest absolute Gasteiger partial charge is 0.453 e. The molecular weight excluding hydrogens is 580 g/mol. The normalized spacial score (nSPS) is 10.2. The van der Waals surface area contributed by atoms with Crippen molar-refractivity contribution in [3.63, 3.8) is 0 Å². The fourth-order valence-electron chi connectivity index (χ4n) is 2.82. The molecule has 2 heterocycles. The maximum atomic E-state index is 11.2. The second kappa shape index (κ2) is 11.3. The smallest absolute Gasteiger partial charge is 0.412 e. The summed E-state index contributed by atoms with van der Waals surface area (Å²) in [4.78, 5) is 30.4. The average Bonchev–Trinajstić information content (AvgIpc) is 2.81. The molecule has 0 radical (unpaired) electrons. The predicted molar refractivity (Wildman–Crippen MR) is 136 cm³/mol. The predicted octanol–water partition coefficient (Wildman–Crippen LogP) is 7.00. The summed E-state index contributed by atoms with van der Waals surface area (Å²) in [6.07, 6.45) is 2.04. The third-order valence-electron chi connectivity index (χ3n) is 4.34. The number of anilines is 2. The fourth-order valence-corrected chi connectivity index (χ4v) is 3.77. The minimum atomic E-state index is -0.566. The Balaban J connectivity index is 0.000000186. The summed E-state index contributed by atoms with van der Waals surface area (Å²) in [5, 5.41) is 9.06. The lowest BCUT2D eigenvalue weighted by atomic mass is 10.1. The number of rotatable bonds is 2. The zero-order valence-electron chi connectivity index (χ0n) is 17.4. The van der Waals surface area contributed by atoms with Gasteiger partial charge in [0.15, 0.2) is 0 Å². The minimum absolute atomic E-state index is 0.420. The standard InChI is InChI=1S/C11H8BrClN2O2.C11H9BrN2O2/c1-17-11(16)15-10-7-3-2-6(12)4-8(7)9(13)5-14-10;1-16-11(15)14-10-9-3-2-8(12)6-7(9)4-5-13-10/h2-5H,1H3,(H,14,15,16);2-6H,1H3,(H,13,14,15). The highest BCUT2D eigenvalue weighted by Crippen LogP contribution is 2.30. The van der Waals surface area contributed by atoms with Crippen molar-refractivity contribution in [3.05, 3.63) is 68.8 Å². The molecule has 11 heteroatoms. The number of carbonyl (C=O) groups is 2. The van der Waals surface area contributed by atoms with Gasteiger partial charge in [0.05, 0.1) is 19.2 Å². The topological polar surface area (TPSA) is 102 Å². The molecule has 0 saturated heterocycles. The first-order valence-electron chi connectivity index (χ1n) is 9.30. The number of hydrogen-bond acceptors (Lipinski definition) is 6. The molecule has 0 spiro atoms. The summed E-state index contributed by atoms with van der Waals surface area (Å²) in [6, 6.07) is 13.2. The van der Waals surface area contributed by atoms with Crippen LogP contribution in [0.1, 0.15) is 0 Å². The minimum Gasteiger partial charge on any atom is -0.453 e. The van der Waals surface area contributed by atoms with Crippen molar-refractivity contribution >= 4 is 88.8 Å². The van der Waals surface area contributed by atoms with E-state index in [4.69, 9.17) is 11.6 Å². The molecule has 8 nitrogen and oxygen atoms in total. The van der Waals surface area contributed by atoms with Crippen LogP contribution in [0.15, 0.2) is 63.8 Å². The van der Waals surface area contributed by atoms with E-state index >= 15 is 0 Å². The second-order valence-corrected chi connectivity index (χ2v) is 8.64. The van der Waals surface area contributed by atoms with Crippen LogP contribution >= 0.6 is 43.5 Å². The lowest BCUT2D eigenvalue weighted by Gasteiger charge is -2.08. The number of aromatic nitrogens is 2. The zero-order valence-corrected chi connectivity index (χ0v) is 21.3. The number of carbonyl (C=O) groups excluding carboxylic acids is 2. The maximum absolute atomic E-state index is 11.2. The molecule has 170 valence electrons. The van der Waals surface area contributed by atoms with Crippen LogP contribution in [0.4, 0.5) is 21.2 Å². The first-order valence-corrected chi connectivity index (χ1v) is 11.3. The molecule has 0 fully saturated rings. The van der Waals surface area contributed by atoms with Gasteiger partial charge in [0.25, 0.3) is 0 Å². The van der Waals surface area contributed by atoms with Crippen LogP contribution in [0.25, 0.3) is 21.5 Å². The molecule has 0 unspecified atom stereocenters. The fraction of sp³-hybridized carbons (Fsp3) is 0.0909. The SMILES string of the molecule is COC(=O)Nc1ncc(Cl)c2cc(Br)ccc12.COC(=O)Nc1nccc2cc(Br)ccc12. The van der Waals surface area contributed by atoms with Crippen molar-refractivity contribution in [2.45, 2.75) is 0 Å². The molecule has 2 aromatic carbocycles. The zero-order chi connectivity index (χ0) is 24.0. The molecule has 0 aliphatic heterocycles. The third kappa shape index (κ3) is 6.31. The third-order valence-corrected chi connectivity index (χ3v) is 5.63. The molecule has 0 atom stereocenters. The van der Waals surface area contributed by atoms with Gasteiger partial charge in [-0.15, -0.1) is 0 Å². The molecule has 4 rings (SSSR count). The lowest BCUT2D eigenvalue weighted by molar-refractivity contribution is 0.186. The molecule has 4 aromatic rings. The van der Waals surface area contributed by atoms with Gasteiger partial charge in [-0.25, -0.2) is 19.6 Å². The van der Waals surface area contributed by atoms with Crippen LogP contribution in [-0.2, 0) is 9.47 Å². The van der Waals surface area contributed by atoms with E-state index in [0.29, 0.717) is 16.7 Å². The van der Waals surface area contributed by atoms with Gasteiger partial charge < -0.3 is 9.47 Å². The van der Waals surface area contributed by atoms with Gasteiger partial charge in [-0.2, -0.15) is 0 Å². The number of benzene rings is 2. The molecule has 2 amide bonds. The number of halogens is 3. The van der Waals surface area contributed by atoms with E-state index in [9.17, 15) is 9.59 Å². The van der Waals surface area contributed by atoms with Crippen LogP contribution < -0.4 is 10.6 Å². The van der Waals surface area contributed by atoms with Gasteiger partial charge in [-0.1, -0.05) is 43.5 Å². The highest BCUT2D eigenvalue weighted by molar-refractivity contribution is 9.10. The summed E-state index contributed by atoms with van der Waals surface area (Å²) in [5.41, 5.74) is 0. The molecule has 0 aliphatic rings. The van der Waals surface area contributed by atoms with Gasteiger partial charge in [0, 0.05) is 37.5 Å². The summed E-state index contributed by atoms with van der Waals surface area (Å²) in [5.74, 6) is 0.917. The van der Waals surface area contributed by atoms with E-state index in [1.54, 1.807) is 6.20 Å². The Morgan fingerprint density at radius 1 is 0.818 bits per heavy atom. The van der Waals surface area contributed by atoms with Crippen molar-refractivity contribution in [1.29, 1.82) is 0 Å². The first kappa shape index (κ1) is 24.7. The van der Waals surface area contributed by atoms with Crippen molar-refractivity contribution < 1.29 is 19.1 Å². The lowest BCUT2D eigenvalue weighted by Crippen LogP contribution is -2.12. The monoisotopic (exact) mass is 594 g/mol. The van der Waals surface area contributed by atoms with Crippen LogP contribution in [-0.4, -0.2) is 36.4 Å². The number of pyridine rings is 2. The van der Waals surface area contributed by atoms with Gasteiger partial charge in [-0.05, 0) is 47.9 Å².